The van der Waals surface area contributed by atoms with Gasteiger partial charge in [-0.25, -0.2) is 0 Å². The summed E-state index contributed by atoms with van der Waals surface area (Å²) in [6.07, 6.45) is 0. The Morgan fingerprint density at radius 1 is 0.483 bits per heavy atom. The summed E-state index contributed by atoms with van der Waals surface area (Å²) in [6.45, 7) is 9.01. The molecule has 0 radical (unpaired) electrons. The first kappa shape index (κ1) is 16.8. The van der Waals surface area contributed by atoms with Crippen LogP contribution < -0.4 is 0 Å². The van der Waals surface area contributed by atoms with Crippen LogP contribution in [0, 0.1) is 27.7 Å². The number of fused-ring (bicyclic) bond motifs is 10. The molecule has 0 fully saturated rings. The molecule has 0 heteroatoms. The van der Waals surface area contributed by atoms with E-state index >= 15 is 0 Å². The molecule has 0 heterocycles. The fourth-order valence-electron chi connectivity index (χ4n) is 5.77. The lowest BCUT2D eigenvalue weighted by Gasteiger charge is -2.31. The van der Waals surface area contributed by atoms with Crippen molar-refractivity contribution in [3.05, 3.63) is 117 Å². The summed E-state index contributed by atoms with van der Waals surface area (Å²) in [5.41, 5.74) is 16.6. The predicted octanol–water partition coefficient (Wildman–Crippen LogP) is 7.26. The lowest BCUT2D eigenvalue weighted by Crippen LogP contribution is -2.26. The Hall–Kier alpha value is -3.12. The van der Waals surface area contributed by atoms with E-state index in [4.69, 9.17) is 0 Å². The Bertz CT molecular complexity index is 1290. The third-order valence-electron chi connectivity index (χ3n) is 7.40. The second-order valence-corrected chi connectivity index (χ2v) is 8.75. The molecule has 0 aromatic heterocycles. The molecule has 4 aromatic carbocycles. The molecule has 0 aliphatic heterocycles. The minimum absolute atomic E-state index is 0.214. The fourth-order valence-corrected chi connectivity index (χ4v) is 5.77. The van der Waals surface area contributed by atoms with Crippen LogP contribution in [0.1, 0.15) is 44.5 Å². The Morgan fingerprint density at radius 2 is 1.07 bits per heavy atom. The highest BCUT2D eigenvalue weighted by atomic mass is 14.5. The number of hydrogen-bond acceptors (Lipinski definition) is 0. The molecular weight excluding hydrogens is 348 g/mol. The fraction of sp³-hybridized carbons (Fsp3) is 0.172. The van der Waals surface area contributed by atoms with Crippen LogP contribution in [0.25, 0.3) is 22.3 Å². The molecule has 0 amide bonds. The summed E-state index contributed by atoms with van der Waals surface area (Å²) >= 11 is 0. The summed E-state index contributed by atoms with van der Waals surface area (Å²) in [4.78, 5) is 0. The molecule has 0 saturated heterocycles. The molecule has 0 atom stereocenters. The average molecular weight is 373 g/mol. The van der Waals surface area contributed by atoms with E-state index in [9.17, 15) is 0 Å². The normalized spacial score (nSPS) is 14.5. The minimum atomic E-state index is -0.214. The Labute approximate surface area is 172 Å². The van der Waals surface area contributed by atoms with Crippen molar-refractivity contribution in [3.8, 4) is 22.3 Å². The molecule has 140 valence electrons. The summed E-state index contributed by atoms with van der Waals surface area (Å²) in [5, 5.41) is 0. The predicted molar refractivity (Wildman–Crippen MR) is 122 cm³/mol. The van der Waals surface area contributed by atoms with Crippen molar-refractivity contribution in [1.82, 2.24) is 0 Å². The van der Waals surface area contributed by atoms with Crippen molar-refractivity contribution in [2.45, 2.75) is 33.1 Å². The first-order chi connectivity index (χ1) is 14.0. The summed E-state index contributed by atoms with van der Waals surface area (Å²) in [6, 6.07) is 27.6. The van der Waals surface area contributed by atoms with Crippen molar-refractivity contribution in [2.24, 2.45) is 0 Å². The van der Waals surface area contributed by atoms with Crippen LogP contribution in [0.3, 0.4) is 0 Å². The van der Waals surface area contributed by atoms with Crippen LogP contribution in [0.5, 0.6) is 0 Å². The first-order valence-electron chi connectivity index (χ1n) is 10.5. The molecule has 29 heavy (non-hydrogen) atoms. The van der Waals surface area contributed by atoms with Gasteiger partial charge in [0.25, 0.3) is 0 Å². The topological polar surface area (TPSA) is 0 Å². The maximum absolute atomic E-state index is 2.46. The Morgan fingerprint density at radius 3 is 1.72 bits per heavy atom. The largest absolute Gasteiger partial charge is 0.0725 e. The van der Waals surface area contributed by atoms with Gasteiger partial charge in [0.05, 0.1) is 5.41 Å². The maximum atomic E-state index is 2.46. The lowest BCUT2D eigenvalue weighted by molar-refractivity contribution is 0.791. The van der Waals surface area contributed by atoms with E-state index in [0.717, 1.165) is 0 Å². The summed E-state index contributed by atoms with van der Waals surface area (Å²) in [7, 11) is 0. The second-order valence-electron chi connectivity index (χ2n) is 8.75. The molecular formula is C29H24. The van der Waals surface area contributed by atoms with Gasteiger partial charge in [0, 0.05) is 0 Å². The van der Waals surface area contributed by atoms with Gasteiger partial charge < -0.3 is 0 Å². The van der Waals surface area contributed by atoms with Crippen LogP contribution in [-0.2, 0) is 5.41 Å². The Kier molecular flexibility index (Phi) is 3.17. The molecule has 4 aromatic rings. The zero-order valence-corrected chi connectivity index (χ0v) is 17.4. The third-order valence-corrected chi connectivity index (χ3v) is 7.40. The molecule has 0 unspecified atom stereocenters. The van der Waals surface area contributed by atoms with Crippen molar-refractivity contribution in [1.29, 1.82) is 0 Å². The number of rotatable bonds is 0. The molecule has 0 bridgehead atoms. The van der Waals surface area contributed by atoms with Crippen LogP contribution in [0.15, 0.2) is 72.8 Å². The van der Waals surface area contributed by atoms with Crippen LogP contribution >= 0.6 is 0 Å². The van der Waals surface area contributed by atoms with Gasteiger partial charge in [-0.05, 0) is 94.5 Å². The van der Waals surface area contributed by atoms with Crippen molar-refractivity contribution in [3.63, 3.8) is 0 Å². The summed E-state index contributed by atoms with van der Waals surface area (Å²) < 4.78 is 0. The second kappa shape index (κ2) is 5.48. The zero-order chi connectivity index (χ0) is 19.9. The quantitative estimate of drug-likeness (QED) is 0.263. The third kappa shape index (κ3) is 1.85. The number of hydrogen-bond donors (Lipinski definition) is 0. The molecule has 0 N–H and O–H groups in total. The van der Waals surface area contributed by atoms with E-state index in [0.29, 0.717) is 0 Å². The van der Waals surface area contributed by atoms with Crippen molar-refractivity contribution >= 4 is 0 Å². The van der Waals surface area contributed by atoms with Gasteiger partial charge in [-0.1, -0.05) is 72.8 Å². The average Bonchev–Trinajstić information content (AvgIpc) is 3.18. The molecule has 2 aliphatic rings. The molecule has 6 rings (SSSR count). The van der Waals surface area contributed by atoms with Gasteiger partial charge >= 0.3 is 0 Å². The smallest absolute Gasteiger partial charge is 0.0619 e. The minimum Gasteiger partial charge on any atom is -0.0619 e. The van der Waals surface area contributed by atoms with Crippen LogP contribution in [-0.4, -0.2) is 0 Å². The van der Waals surface area contributed by atoms with Crippen molar-refractivity contribution in [2.75, 3.05) is 0 Å². The highest BCUT2D eigenvalue weighted by Crippen LogP contribution is 2.63. The van der Waals surface area contributed by atoms with Gasteiger partial charge in [0.2, 0.25) is 0 Å². The van der Waals surface area contributed by atoms with Gasteiger partial charge in [-0.2, -0.15) is 0 Å². The SMILES string of the molecule is Cc1cc2c(cc1C)C1(c3ccccc3-c3ccccc31)c1ccc(C)c(C)c1-2. The monoisotopic (exact) mass is 372 g/mol. The van der Waals surface area contributed by atoms with Crippen LogP contribution in [0.4, 0.5) is 0 Å². The summed E-state index contributed by atoms with van der Waals surface area (Å²) in [5.74, 6) is 0. The lowest BCUT2D eigenvalue weighted by atomic mass is 9.70. The first-order valence-corrected chi connectivity index (χ1v) is 10.5. The van der Waals surface area contributed by atoms with E-state index in [1.165, 1.54) is 66.8 Å². The van der Waals surface area contributed by atoms with E-state index in [-0.39, 0.29) is 5.41 Å². The molecule has 0 nitrogen and oxygen atoms in total. The van der Waals surface area contributed by atoms with Crippen LogP contribution in [0.2, 0.25) is 0 Å². The standard InChI is InChI=1S/C29H24/c1-17-13-14-26-28(20(17)4)23-15-18(2)19(3)16-27(23)29(26)24-11-7-5-9-21(24)22-10-6-8-12-25(22)29/h5-16H,1-4H3. The van der Waals surface area contributed by atoms with E-state index in [1.807, 2.05) is 0 Å². The van der Waals surface area contributed by atoms with Gasteiger partial charge in [0.15, 0.2) is 0 Å². The Balaban J connectivity index is 1.89. The van der Waals surface area contributed by atoms with E-state index in [1.54, 1.807) is 0 Å². The van der Waals surface area contributed by atoms with Crippen molar-refractivity contribution < 1.29 is 0 Å². The number of aryl methyl sites for hydroxylation is 3. The molecule has 2 aliphatic carbocycles. The zero-order valence-electron chi connectivity index (χ0n) is 17.4. The highest BCUT2D eigenvalue weighted by Gasteiger charge is 2.52. The number of benzene rings is 4. The maximum Gasteiger partial charge on any atom is 0.0725 e. The molecule has 0 saturated carbocycles. The van der Waals surface area contributed by atoms with Gasteiger partial charge in [-0.3, -0.25) is 0 Å². The van der Waals surface area contributed by atoms with E-state index < -0.39 is 0 Å². The highest BCUT2D eigenvalue weighted by molar-refractivity contribution is 5.96. The molecule has 1 spiro atoms. The van der Waals surface area contributed by atoms with Gasteiger partial charge in [-0.15, -0.1) is 0 Å². The van der Waals surface area contributed by atoms with Gasteiger partial charge in [0.1, 0.15) is 0 Å². The van der Waals surface area contributed by atoms with E-state index in [2.05, 4.69) is 100 Å².